The van der Waals surface area contributed by atoms with Crippen molar-refractivity contribution in [1.82, 2.24) is 9.80 Å². The number of aliphatic hydroxyl groups is 1. The number of carbonyl (C=O) groups excluding carboxylic acids is 1. The second kappa shape index (κ2) is 5.99. The monoisotopic (exact) mass is 284 g/mol. The van der Waals surface area contributed by atoms with E-state index in [2.05, 4.69) is 13.8 Å². The predicted octanol–water partition coefficient (Wildman–Crippen LogP) is 1.14. The number of hydrogen-bond donors (Lipinski definition) is 2. The zero-order valence-electron chi connectivity index (χ0n) is 12.2. The molecule has 0 aromatic carbocycles. The van der Waals surface area contributed by atoms with Crippen LogP contribution in [0.15, 0.2) is 0 Å². The van der Waals surface area contributed by atoms with Gasteiger partial charge in [0, 0.05) is 25.6 Å². The molecule has 1 saturated carbocycles. The van der Waals surface area contributed by atoms with Crippen LogP contribution < -0.4 is 0 Å². The highest BCUT2D eigenvalue weighted by atomic mass is 16.4. The van der Waals surface area contributed by atoms with Gasteiger partial charge >= 0.3 is 12.0 Å². The van der Waals surface area contributed by atoms with E-state index < -0.39 is 18.1 Å². The van der Waals surface area contributed by atoms with Crippen LogP contribution >= 0.6 is 0 Å². The molecule has 2 N–H and O–H groups in total. The summed E-state index contributed by atoms with van der Waals surface area (Å²) in [4.78, 5) is 26.9. The molecule has 0 radical (unpaired) electrons. The second-order valence-electron chi connectivity index (χ2n) is 6.29. The average molecular weight is 284 g/mol. The summed E-state index contributed by atoms with van der Waals surface area (Å²) in [6.45, 7) is 5.01. The summed E-state index contributed by atoms with van der Waals surface area (Å²) in [6, 6.07) is -0.858. The number of aliphatic hydroxyl groups excluding tert-OH is 1. The third-order valence-corrected chi connectivity index (χ3v) is 3.99. The lowest BCUT2D eigenvalue weighted by atomic mass is 10.1. The molecule has 1 saturated heterocycles. The number of rotatable bonds is 5. The number of urea groups is 1. The van der Waals surface area contributed by atoms with Crippen LogP contribution in [0.5, 0.6) is 0 Å². The van der Waals surface area contributed by atoms with Crippen LogP contribution in [0.1, 0.15) is 39.5 Å². The Balaban J connectivity index is 2.04. The van der Waals surface area contributed by atoms with Crippen molar-refractivity contribution in [2.75, 3.05) is 13.1 Å². The maximum atomic E-state index is 12.6. The number of nitrogens with zero attached hydrogens (tertiary/aromatic N) is 2. The van der Waals surface area contributed by atoms with Crippen LogP contribution in [0.2, 0.25) is 0 Å². The maximum absolute atomic E-state index is 12.6. The van der Waals surface area contributed by atoms with E-state index in [0.717, 1.165) is 19.3 Å². The normalized spacial score (nSPS) is 26.1. The molecule has 1 aliphatic carbocycles. The van der Waals surface area contributed by atoms with E-state index in [1.54, 1.807) is 4.90 Å². The minimum Gasteiger partial charge on any atom is -0.480 e. The molecule has 0 aromatic rings. The second-order valence-corrected chi connectivity index (χ2v) is 6.29. The van der Waals surface area contributed by atoms with Crippen molar-refractivity contribution in [3.63, 3.8) is 0 Å². The summed E-state index contributed by atoms with van der Waals surface area (Å²) in [5.74, 6) is -0.530. The van der Waals surface area contributed by atoms with Crippen molar-refractivity contribution in [3.8, 4) is 0 Å². The van der Waals surface area contributed by atoms with Crippen molar-refractivity contribution in [1.29, 1.82) is 0 Å². The van der Waals surface area contributed by atoms with Crippen LogP contribution in [0.4, 0.5) is 4.79 Å². The Bertz CT molecular complexity index is 381. The summed E-state index contributed by atoms with van der Waals surface area (Å²) in [5, 5.41) is 18.8. The van der Waals surface area contributed by atoms with Gasteiger partial charge in [-0.2, -0.15) is 0 Å². The van der Waals surface area contributed by atoms with Crippen LogP contribution in [0.25, 0.3) is 0 Å². The number of aliphatic carboxylic acids is 1. The molecule has 0 aromatic heterocycles. The highest BCUT2D eigenvalue weighted by Crippen LogP contribution is 2.30. The molecule has 1 heterocycles. The fourth-order valence-electron chi connectivity index (χ4n) is 2.64. The van der Waals surface area contributed by atoms with Gasteiger partial charge in [-0.25, -0.2) is 9.59 Å². The van der Waals surface area contributed by atoms with E-state index >= 15 is 0 Å². The van der Waals surface area contributed by atoms with Gasteiger partial charge in [0.25, 0.3) is 0 Å². The van der Waals surface area contributed by atoms with Crippen LogP contribution in [0.3, 0.4) is 0 Å². The first-order valence-corrected chi connectivity index (χ1v) is 7.38. The molecule has 6 heteroatoms. The Morgan fingerprint density at radius 1 is 1.35 bits per heavy atom. The van der Waals surface area contributed by atoms with Crippen LogP contribution in [-0.4, -0.2) is 63.3 Å². The van der Waals surface area contributed by atoms with Gasteiger partial charge < -0.3 is 20.0 Å². The maximum Gasteiger partial charge on any atom is 0.326 e. The molecule has 2 fully saturated rings. The van der Waals surface area contributed by atoms with Gasteiger partial charge in [0.2, 0.25) is 0 Å². The SMILES string of the molecule is CC(C)CCN(C(=O)N1C[C@H](O)C[C@H]1C(=O)O)C1CC1. The molecule has 2 rings (SSSR count). The van der Waals surface area contributed by atoms with Crippen molar-refractivity contribution in [2.45, 2.75) is 57.7 Å². The Kier molecular flexibility index (Phi) is 4.52. The Morgan fingerprint density at radius 2 is 2.00 bits per heavy atom. The first-order chi connectivity index (χ1) is 9.40. The molecule has 2 atom stereocenters. The predicted molar refractivity (Wildman–Crippen MR) is 73.3 cm³/mol. The minimum atomic E-state index is -1.03. The van der Waals surface area contributed by atoms with Gasteiger partial charge in [0.05, 0.1) is 6.10 Å². The van der Waals surface area contributed by atoms with E-state index in [1.807, 2.05) is 0 Å². The zero-order chi connectivity index (χ0) is 14.9. The number of amides is 2. The molecule has 0 bridgehead atoms. The van der Waals surface area contributed by atoms with E-state index in [9.17, 15) is 19.8 Å². The number of carboxylic acid groups (broad SMARTS) is 1. The van der Waals surface area contributed by atoms with Gasteiger partial charge in [-0.3, -0.25) is 0 Å². The Morgan fingerprint density at radius 3 is 2.50 bits per heavy atom. The summed E-state index contributed by atoms with van der Waals surface area (Å²) in [7, 11) is 0. The molecule has 1 aliphatic heterocycles. The fourth-order valence-corrected chi connectivity index (χ4v) is 2.64. The van der Waals surface area contributed by atoms with Crippen LogP contribution in [-0.2, 0) is 4.79 Å². The van der Waals surface area contributed by atoms with Gasteiger partial charge in [0.1, 0.15) is 6.04 Å². The first-order valence-electron chi connectivity index (χ1n) is 7.38. The minimum absolute atomic E-state index is 0.126. The summed E-state index contributed by atoms with van der Waals surface area (Å²) >= 11 is 0. The number of likely N-dealkylation sites (tertiary alicyclic amines) is 1. The lowest BCUT2D eigenvalue weighted by molar-refractivity contribution is -0.141. The summed E-state index contributed by atoms with van der Waals surface area (Å²) in [5.41, 5.74) is 0. The van der Waals surface area contributed by atoms with E-state index in [0.29, 0.717) is 12.5 Å². The van der Waals surface area contributed by atoms with Gasteiger partial charge in [-0.1, -0.05) is 13.8 Å². The number of β-amino-alcohol motifs (C(OH)–C–C–N with tert-alkyl or cyclic N) is 1. The van der Waals surface area contributed by atoms with E-state index in [-0.39, 0.29) is 25.0 Å². The molecule has 2 amide bonds. The van der Waals surface area contributed by atoms with Gasteiger partial charge in [-0.05, 0) is 25.2 Å². The molecule has 20 heavy (non-hydrogen) atoms. The lowest BCUT2D eigenvalue weighted by Crippen LogP contribution is -2.49. The number of carbonyl (C=O) groups is 2. The van der Waals surface area contributed by atoms with E-state index in [4.69, 9.17) is 0 Å². The topological polar surface area (TPSA) is 81.1 Å². The standard InChI is InChI=1S/C14H24N2O4/c1-9(2)5-6-15(10-3-4-10)14(20)16-8-11(17)7-12(16)13(18)19/h9-12,17H,3-8H2,1-2H3,(H,18,19)/t11-,12+/m1/s1. The molecule has 2 aliphatic rings. The molecule has 6 nitrogen and oxygen atoms in total. The summed E-state index contributed by atoms with van der Waals surface area (Å²) < 4.78 is 0. The molecule has 0 spiro atoms. The highest BCUT2D eigenvalue weighted by molar-refractivity contribution is 5.83. The Labute approximate surface area is 119 Å². The average Bonchev–Trinajstić information content (AvgIpc) is 3.10. The smallest absolute Gasteiger partial charge is 0.326 e. The first kappa shape index (κ1) is 15.1. The molecule has 114 valence electrons. The molecular weight excluding hydrogens is 260 g/mol. The number of carboxylic acids is 1. The quantitative estimate of drug-likeness (QED) is 0.793. The highest BCUT2D eigenvalue weighted by Gasteiger charge is 2.43. The largest absolute Gasteiger partial charge is 0.480 e. The third-order valence-electron chi connectivity index (χ3n) is 3.99. The van der Waals surface area contributed by atoms with E-state index in [1.165, 1.54) is 4.90 Å². The molecular formula is C14H24N2O4. The van der Waals surface area contributed by atoms with Crippen LogP contribution in [0, 0.1) is 5.92 Å². The van der Waals surface area contributed by atoms with Gasteiger partial charge in [0.15, 0.2) is 0 Å². The van der Waals surface area contributed by atoms with Crippen molar-refractivity contribution in [2.24, 2.45) is 5.92 Å². The lowest BCUT2D eigenvalue weighted by Gasteiger charge is -2.30. The Hall–Kier alpha value is -1.30. The summed E-state index contributed by atoms with van der Waals surface area (Å²) in [6.07, 6.45) is 2.31. The fraction of sp³-hybridized carbons (Fsp3) is 0.857. The van der Waals surface area contributed by atoms with Gasteiger partial charge in [-0.15, -0.1) is 0 Å². The third kappa shape index (κ3) is 3.42. The van der Waals surface area contributed by atoms with Crippen molar-refractivity contribution in [3.05, 3.63) is 0 Å². The zero-order valence-corrected chi connectivity index (χ0v) is 12.2. The van der Waals surface area contributed by atoms with Crippen molar-refractivity contribution >= 4 is 12.0 Å². The van der Waals surface area contributed by atoms with Crippen molar-refractivity contribution < 1.29 is 19.8 Å². The molecule has 0 unspecified atom stereocenters. The number of hydrogen-bond acceptors (Lipinski definition) is 3.